The Hall–Kier alpha value is -0.790. The molecule has 0 aliphatic heterocycles. The first-order chi connectivity index (χ1) is 21.7. The van der Waals surface area contributed by atoms with E-state index in [0.29, 0.717) is 6.61 Å². The van der Waals surface area contributed by atoms with Gasteiger partial charge in [-0.1, -0.05) is 225 Å². The Bertz CT molecular complexity index is 580. The normalized spacial score (nSPS) is 11.8. The predicted molar refractivity (Wildman–Crippen MR) is 198 cm³/mol. The van der Waals surface area contributed by atoms with E-state index in [4.69, 9.17) is 4.74 Å². The quantitative estimate of drug-likeness (QED) is 0.0393. The average molecular weight is 619 g/mol. The molecular formula is C42H82O2. The molecule has 262 valence electrons. The van der Waals surface area contributed by atoms with E-state index in [9.17, 15) is 4.79 Å². The summed E-state index contributed by atoms with van der Waals surface area (Å²) in [6.45, 7) is 7.09. The summed E-state index contributed by atoms with van der Waals surface area (Å²) in [6.07, 6.45) is 50.3. The van der Waals surface area contributed by atoms with Crippen LogP contribution < -0.4 is 0 Å². The van der Waals surface area contributed by atoms with Crippen molar-refractivity contribution in [3.63, 3.8) is 0 Å². The highest BCUT2D eigenvalue weighted by atomic mass is 16.5. The Morgan fingerprint density at radius 2 is 0.636 bits per heavy atom. The number of carbonyl (C=O) groups is 1. The van der Waals surface area contributed by atoms with Crippen molar-refractivity contribution >= 4 is 5.97 Å². The number of unbranched alkanes of at least 4 members (excludes halogenated alkanes) is 33. The van der Waals surface area contributed by atoms with Crippen molar-refractivity contribution in [1.82, 2.24) is 0 Å². The molecule has 0 radical (unpaired) electrons. The minimum atomic E-state index is -0.103. The van der Waals surface area contributed by atoms with Gasteiger partial charge in [-0.25, -0.2) is 4.79 Å². The summed E-state index contributed by atoms with van der Waals surface area (Å²) in [7, 11) is 0. The van der Waals surface area contributed by atoms with Crippen molar-refractivity contribution < 1.29 is 9.53 Å². The second kappa shape index (κ2) is 38.4. The SMILES string of the molecule is CCCCCCCCCCCCCCCCCCCCC=C(C)C(=O)OCCCCCCCCCCCCCCCCCC. The van der Waals surface area contributed by atoms with E-state index < -0.39 is 0 Å². The van der Waals surface area contributed by atoms with Crippen molar-refractivity contribution in [1.29, 1.82) is 0 Å². The molecule has 0 amide bonds. The van der Waals surface area contributed by atoms with E-state index in [2.05, 4.69) is 19.9 Å². The Morgan fingerprint density at radius 1 is 0.386 bits per heavy atom. The molecule has 0 saturated carbocycles. The number of ether oxygens (including phenoxy) is 1. The van der Waals surface area contributed by atoms with Crippen molar-refractivity contribution in [3.05, 3.63) is 11.6 Å². The smallest absolute Gasteiger partial charge is 0.333 e. The summed E-state index contributed by atoms with van der Waals surface area (Å²) >= 11 is 0. The van der Waals surface area contributed by atoms with Crippen molar-refractivity contribution in [2.24, 2.45) is 0 Å². The third-order valence-corrected chi connectivity index (χ3v) is 9.56. The molecule has 2 nitrogen and oxygen atoms in total. The third kappa shape index (κ3) is 35.7. The molecule has 0 aromatic carbocycles. The molecule has 0 rings (SSSR count). The zero-order valence-electron chi connectivity index (χ0n) is 30.8. The van der Waals surface area contributed by atoms with E-state index in [1.54, 1.807) is 0 Å². The van der Waals surface area contributed by atoms with Crippen molar-refractivity contribution in [2.45, 2.75) is 245 Å². The Balaban J connectivity index is 3.32. The van der Waals surface area contributed by atoms with Crippen LogP contribution in [-0.4, -0.2) is 12.6 Å². The number of hydrogen-bond acceptors (Lipinski definition) is 2. The lowest BCUT2D eigenvalue weighted by molar-refractivity contribution is -0.139. The molecule has 0 bridgehead atoms. The van der Waals surface area contributed by atoms with E-state index in [1.807, 2.05) is 6.92 Å². The fraction of sp³-hybridized carbons (Fsp3) is 0.929. The summed E-state index contributed by atoms with van der Waals surface area (Å²) in [6, 6.07) is 0. The molecule has 0 unspecified atom stereocenters. The molecule has 0 spiro atoms. The highest BCUT2D eigenvalue weighted by Crippen LogP contribution is 2.16. The second-order valence-electron chi connectivity index (χ2n) is 14.1. The van der Waals surface area contributed by atoms with E-state index >= 15 is 0 Å². The van der Waals surface area contributed by atoms with Gasteiger partial charge in [-0.15, -0.1) is 0 Å². The molecule has 0 N–H and O–H groups in total. The Kier molecular flexibility index (Phi) is 37.7. The lowest BCUT2D eigenvalue weighted by Crippen LogP contribution is -2.07. The summed E-state index contributed by atoms with van der Waals surface area (Å²) in [5.74, 6) is -0.103. The number of carbonyl (C=O) groups excluding carboxylic acids is 1. The summed E-state index contributed by atoms with van der Waals surface area (Å²) in [4.78, 5) is 12.2. The minimum Gasteiger partial charge on any atom is -0.462 e. The van der Waals surface area contributed by atoms with Crippen LogP contribution >= 0.6 is 0 Å². The third-order valence-electron chi connectivity index (χ3n) is 9.56. The van der Waals surface area contributed by atoms with Crippen LogP contribution in [0.25, 0.3) is 0 Å². The van der Waals surface area contributed by atoms with Gasteiger partial charge in [-0.2, -0.15) is 0 Å². The molecule has 0 aliphatic carbocycles. The molecule has 0 atom stereocenters. The fourth-order valence-electron chi connectivity index (χ4n) is 6.38. The lowest BCUT2D eigenvalue weighted by Gasteiger charge is -2.06. The summed E-state index contributed by atoms with van der Waals surface area (Å²) < 4.78 is 5.51. The van der Waals surface area contributed by atoms with Gasteiger partial charge >= 0.3 is 5.97 Å². The molecule has 2 heteroatoms. The van der Waals surface area contributed by atoms with Gasteiger partial charge < -0.3 is 4.74 Å². The topological polar surface area (TPSA) is 26.3 Å². The van der Waals surface area contributed by atoms with Gasteiger partial charge in [-0.3, -0.25) is 0 Å². The maximum atomic E-state index is 12.2. The standard InChI is InChI=1S/C42H82O2/c1-4-6-8-10-12-14-16-18-20-22-23-24-25-27-29-31-33-35-37-39-41(3)42(43)44-40-38-36-34-32-30-28-26-21-19-17-15-13-11-9-7-5-2/h39H,4-38,40H2,1-3H3. The van der Waals surface area contributed by atoms with Gasteiger partial charge in [0, 0.05) is 5.57 Å². The van der Waals surface area contributed by atoms with E-state index in [0.717, 1.165) is 18.4 Å². The first-order valence-corrected chi connectivity index (χ1v) is 20.6. The lowest BCUT2D eigenvalue weighted by atomic mass is 10.0. The fourth-order valence-corrected chi connectivity index (χ4v) is 6.38. The van der Waals surface area contributed by atoms with Crippen molar-refractivity contribution in [3.8, 4) is 0 Å². The monoisotopic (exact) mass is 619 g/mol. The Labute approximate surface area is 278 Å². The number of hydrogen-bond donors (Lipinski definition) is 0. The first-order valence-electron chi connectivity index (χ1n) is 20.6. The number of rotatable bonds is 37. The number of allylic oxidation sites excluding steroid dienone is 1. The highest BCUT2D eigenvalue weighted by molar-refractivity contribution is 5.87. The van der Waals surface area contributed by atoms with Crippen LogP contribution in [0.3, 0.4) is 0 Å². The summed E-state index contributed by atoms with van der Waals surface area (Å²) in [5.41, 5.74) is 0.800. The molecule has 0 aromatic rings. The predicted octanol–water partition coefficient (Wildman–Crippen LogP) is 15.2. The molecule has 0 aliphatic rings. The van der Waals surface area contributed by atoms with Gasteiger partial charge in [0.2, 0.25) is 0 Å². The van der Waals surface area contributed by atoms with E-state index in [-0.39, 0.29) is 5.97 Å². The molecule has 0 fully saturated rings. The largest absolute Gasteiger partial charge is 0.462 e. The highest BCUT2D eigenvalue weighted by Gasteiger charge is 2.05. The van der Waals surface area contributed by atoms with Gasteiger partial charge in [-0.05, 0) is 26.2 Å². The maximum absolute atomic E-state index is 12.2. The van der Waals surface area contributed by atoms with Crippen LogP contribution in [0.15, 0.2) is 11.6 Å². The van der Waals surface area contributed by atoms with Gasteiger partial charge in [0.15, 0.2) is 0 Å². The van der Waals surface area contributed by atoms with Gasteiger partial charge in [0.05, 0.1) is 6.61 Å². The minimum absolute atomic E-state index is 0.103. The van der Waals surface area contributed by atoms with Crippen LogP contribution in [0.2, 0.25) is 0 Å². The van der Waals surface area contributed by atoms with E-state index in [1.165, 1.54) is 212 Å². The van der Waals surface area contributed by atoms with Gasteiger partial charge in [0.1, 0.15) is 0 Å². The number of esters is 1. The zero-order valence-corrected chi connectivity index (χ0v) is 30.8. The second-order valence-corrected chi connectivity index (χ2v) is 14.1. The molecule has 0 heterocycles. The van der Waals surface area contributed by atoms with Crippen LogP contribution in [0, 0.1) is 0 Å². The molecule has 0 aromatic heterocycles. The van der Waals surface area contributed by atoms with Crippen LogP contribution in [-0.2, 0) is 9.53 Å². The molecule has 44 heavy (non-hydrogen) atoms. The van der Waals surface area contributed by atoms with Crippen molar-refractivity contribution in [2.75, 3.05) is 6.61 Å². The van der Waals surface area contributed by atoms with Gasteiger partial charge in [0.25, 0.3) is 0 Å². The van der Waals surface area contributed by atoms with Crippen LogP contribution in [0.4, 0.5) is 0 Å². The first kappa shape index (κ1) is 43.2. The Morgan fingerprint density at radius 3 is 0.932 bits per heavy atom. The summed E-state index contributed by atoms with van der Waals surface area (Å²) in [5, 5.41) is 0. The molecular weight excluding hydrogens is 536 g/mol. The zero-order chi connectivity index (χ0) is 32.0. The molecule has 0 saturated heterocycles. The van der Waals surface area contributed by atoms with Crippen LogP contribution in [0.1, 0.15) is 245 Å². The maximum Gasteiger partial charge on any atom is 0.333 e. The average Bonchev–Trinajstić information content (AvgIpc) is 3.03. The van der Waals surface area contributed by atoms with Crippen LogP contribution in [0.5, 0.6) is 0 Å².